The largest absolute Gasteiger partial charge is 0.496 e. The van der Waals surface area contributed by atoms with Gasteiger partial charge in [-0.25, -0.2) is 4.39 Å². The van der Waals surface area contributed by atoms with Crippen LogP contribution >= 0.6 is 0 Å². The molecule has 0 aromatic heterocycles. The van der Waals surface area contributed by atoms with E-state index >= 15 is 0 Å². The average molecular weight is 413 g/mol. The van der Waals surface area contributed by atoms with Crippen molar-refractivity contribution in [1.82, 2.24) is 4.90 Å². The lowest BCUT2D eigenvalue weighted by molar-refractivity contribution is 0.0997. The van der Waals surface area contributed by atoms with Gasteiger partial charge in [-0.1, -0.05) is 37.1 Å². The van der Waals surface area contributed by atoms with Crippen molar-refractivity contribution in [2.75, 3.05) is 21.2 Å². The molecule has 30 heavy (non-hydrogen) atoms. The Balaban J connectivity index is 1.60. The molecule has 2 N–H and O–H groups in total. The number of halogens is 1. The van der Waals surface area contributed by atoms with Crippen molar-refractivity contribution in [2.24, 2.45) is 17.6 Å². The van der Waals surface area contributed by atoms with Crippen molar-refractivity contribution in [1.29, 1.82) is 0 Å². The molecule has 4 nitrogen and oxygen atoms in total. The Morgan fingerprint density at radius 2 is 1.80 bits per heavy atom. The summed E-state index contributed by atoms with van der Waals surface area (Å²) < 4.78 is 18.8. The number of amides is 1. The van der Waals surface area contributed by atoms with Crippen molar-refractivity contribution >= 4 is 5.91 Å². The first-order chi connectivity index (χ1) is 14.4. The van der Waals surface area contributed by atoms with Crippen molar-refractivity contribution in [2.45, 2.75) is 44.6 Å². The topological polar surface area (TPSA) is 55.6 Å². The van der Waals surface area contributed by atoms with Crippen molar-refractivity contribution in [3.63, 3.8) is 0 Å². The third kappa shape index (κ3) is 5.20. The van der Waals surface area contributed by atoms with Crippen LogP contribution < -0.4 is 10.5 Å². The van der Waals surface area contributed by atoms with Crippen LogP contribution in [0.5, 0.6) is 5.75 Å². The van der Waals surface area contributed by atoms with Gasteiger partial charge in [0.05, 0.1) is 12.7 Å². The van der Waals surface area contributed by atoms with E-state index in [0.29, 0.717) is 29.2 Å². The van der Waals surface area contributed by atoms with Gasteiger partial charge in [-0.15, -0.1) is 0 Å². The molecule has 1 saturated carbocycles. The first kappa shape index (κ1) is 22.3. The fourth-order valence-electron chi connectivity index (χ4n) is 5.02. The van der Waals surface area contributed by atoms with Crippen LogP contribution in [0.4, 0.5) is 4.39 Å². The minimum atomic E-state index is -0.454. The van der Waals surface area contributed by atoms with E-state index in [1.54, 1.807) is 25.3 Å². The van der Waals surface area contributed by atoms with Crippen LogP contribution in [0.2, 0.25) is 0 Å². The summed E-state index contributed by atoms with van der Waals surface area (Å²) in [6.07, 6.45) is 6.68. The van der Waals surface area contributed by atoms with Gasteiger partial charge >= 0.3 is 0 Å². The van der Waals surface area contributed by atoms with Crippen LogP contribution in [0.15, 0.2) is 42.5 Å². The fourth-order valence-corrected chi connectivity index (χ4v) is 5.02. The molecule has 1 fully saturated rings. The second-order valence-electron chi connectivity index (χ2n) is 8.64. The average Bonchev–Trinajstić information content (AvgIpc) is 2.74. The summed E-state index contributed by atoms with van der Waals surface area (Å²) >= 11 is 0. The minimum absolute atomic E-state index is 0.184. The Labute approximate surface area is 179 Å². The molecule has 1 amide bonds. The van der Waals surface area contributed by atoms with Crippen LogP contribution in [-0.4, -0.2) is 32.0 Å². The molecule has 0 radical (unpaired) electrons. The monoisotopic (exact) mass is 412 g/mol. The highest BCUT2D eigenvalue weighted by molar-refractivity contribution is 5.96. The van der Waals surface area contributed by atoms with Gasteiger partial charge in [0.25, 0.3) is 5.91 Å². The summed E-state index contributed by atoms with van der Waals surface area (Å²) in [5.74, 6) is 1.22. The number of aryl methyl sites for hydroxylation is 1. The molecule has 0 heterocycles. The highest BCUT2D eigenvalue weighted by atomic mass is 19.1. The lowest BCUT2D eigenvalue weighted by Gasteiger charge is -2.37. The first-order valence-electron chi connectivity index (χ1n) is 10.8. The summed E-state index contributed by atoms with van der Waals surface area (Å²) in [6, 6.07) is 12.9. The lowest BCUT2D eigenvalue weighted by Crippen LogP contribution is -2.30. The molecule has 1 aliphatic carbocycles. The number of primary amides is 1. The SMILES string of the molecule is COc1c(CCC2CCC(C(c3ccc(F)cc3)N(C)C)CC2)cccc1C(N)=O. The van der Waals surface area contributed by atoms with Gasteiger partial charge in [-0.05, 0) is 80.9 Å². The molecule has 0 saturated heterocycles. The molecule has 1 atom stereocenters. The normalized spacial score (nSPS) is 20.2. The lowest BCUT2D eigenvalue weighted by atomic mass is 9.75. The van der Waals surface area contributed by atoms with Gasteiger partial charge in [0.15, 0.2) is 0 Å². The van der Waals surface area contributed by atoms with E-state index in [-0.39, 0.29) is 5.82 Å². The number of methoxy groups -OCH3 is 1. The molecule has 1 aliphatic rings. The van der Waals surface area contributed by atoms with Crippen molar-refractivity contribution in [3.05, 3.63) is 65.0 Å². The summed E-state index contributed by atoms with van der Waals surface area (Å²) in [5.41, 5.74) is 8.17. The number of nitrogens with zero attached hydrogens (tertiary/aromatic N) is 1. The molecule has 2 aromatic rings. The van der Waals surface area contributed by atoms with Gasteiger partial charge in [0, 0.05) is 6.04 Å². The predicted molar refractivity (Wildman–Crippen MR) is 118 cm³/mol. The van der Waals surface area contributed by atoms with E-state index in [1.807, 2.05) is 24.3 Å². The number of ether oxygens (including phenoxy) is 1. The van der Waals surface area contributed by atoms with Crippen LogP contribution in [-0.2, 0) is 6.42 Å². The molecule has 0 bridgehead atoms. The van der Waals surface area contributed by atoms with E-state index in [0.717, 1.165) is 18.4 Å². The number of hydrogen-bond acceptors (Lipinski definition) is 3. The zero-order chi connectivity index (χ0) is 21.7. The maximum atomic E-state index is 13.3. The molecular weight excluding hydrogens is 379 g/mol. The minimum Gasteiger partial charge on any atom is -0.496 e. The van der Waals surface area contributed by atoms with Crippen LogP contribution in [0.3, 0.4) is 0 Å². The summed E-state index contributed by atoms with van der Waals surface area (Å²) in [5, 5.41) is 0. The maximum Gasteiger partial charge on any atom is 0.252 e. The predicted octanol–water partition coefficient (Wildman–Crippen LogP) is 4.98. The molecule has 5 heteroatoms. The number of carbonyl (C=O) groups is 1. The zero-order valence-corrected chi connectivity index (χ0v) is 18.2. The van der Waals surface area contributed by atoms with E-state index in [1.165, 1.54) is 31.2 Å². The quantitative estimate of drug-likeness (QED) is 0.666. The van der Waals surface area contributed by atoms with Crippen LogP contribution in [0, 0.1) is 17.7 Å². The number of benzene rings is 2. The number of rotatable bonds is 8. The Morgan fingerprint density at radius 1 is 1.13 bits per heavy atom. The second-order valence-corrected chi connectivity index (χ2v) is 8.64. The molecular formula is C25H33FN2O2. The standard InChI is InChI=1S/C25H33FN2O2/c1-28(2)23(19-13-15-21(26)16-14-19)18-10-7-17(8-11-18)9-12-20-5-4-6-22(25(27)29)24(20)30-3/h4-6,13-18,23H,7-12H2,1-3H3,(H2,27,29). The number of hydrogen-bond donors (Lipinski definition) is 1. The van der Waals surface area contributed by atoms with Gasteiger partial charge < -0.3 is 15.4 Å². The van der Waals surface area contributed by atoms with Gasteiger partial charge in [-0.2, -0.15) is 0 Å². The number of para-hydroxylation sites is 1. The molecule has 162 valence electrons. The van der Waals surface area contributed by atoms with E-state index in [2.05, 4.69) is 19.0 Å². The highest BCUT2D eigenvalue weighted by Crippen LogP contribution is 2.41. The van der Waals surface area contributed by atoms with Gasteiger partial charge in [0.2, 0.25) is 0 Å². The van der Waals surface area contributed by atoms with Crippen molar-refractivity contribution in [3.8, 4) is 5.75 Å². The van der Waals surface area contributed by atoms with E-state index in [4.69, 9.17) is 10.5 Å². The fraction of sp³-hybridized carbons (Fsp3) is 0.480. The number of nitrogens with two attached hydrogens (primary N) is 1. The van der Waals surface area contributed by atoms with E-state index in [9.17, 15) is 9.18 Å². The van der Waals surface area contributed by atoms with Crippen LogP contribution in [0.25, 0.3) is 0 Å². The smallest absolute Gasteiger partial charge is 0.252 e. The third-order valence-corrected chi connectivity index (χ3v) is 6.49. The Bertz CT molecular complexity index is 843. The Morgan fingerprint density at radius 3 is 2.37 bits per heavy atom. The molecule has 2 aromatic carbocycles. The van der Waals surface area contributed by atoms with Crippen LogP contribution in [0.1, 0.15) is 59.6 Å². The van der Waals surface area contributed by atoms with E-state index < -0.39 is 5.91 Å². The first-order valence-corrected chi connectivity index (χ1v) is 10.8. The Hall–Kier alpha value is -2.40. The van der Waals surface area contributed by atoms with Crippen molar-refractivity contribution < 1.29 is 13.9 Å². The number of carbonyl (C=O) groups excluding carboxylic acids is 1. The molecule has 3 rings (SSSR count). The summed E-state index contributed by atoms with van der Waals surface area (Å²) in [6.45, 7) is 0. The molecule has 1 unspecified atom stereocenters. The molecule has 0 aliphatic heterocycles. The molecule has 0 spiro atoms. The summed E-state index contributed by atoms with van der Waals surface area (Å²) in [7, 11) is 5.81. The highest BCUT2D eigenvalue weighted by Gasteiger charge is 2.30. The van der Waals surface area contributed by atoms with Gasteiger partial charge in [0.1, 0.15) is 11.6 Å². The maximum absolute atomic E-state index is 13.3. The van der Waals surface area contributed by atoms with Gasteiger partial charge in [-0.3, -0.25) is 4.79 Å². The zero-order valence-electron chi connectivity index (χ0n) is 18.2. The third-order valence-electron chi connectivity index (χ3n) is 6.49. The second kappa shape index (κ2) is 10.1. The Kier molecular flexibility index (Phi) is 7.48. The summed E-state index contributed by atoms with van der Waals surface area (Å²) in [4.78, 5) is 13.9.